The van der Waals surface area contributed by atoms with Crippen molar-refractivity contribution in [2.45, 2.75) is 39.2 Å². The molecule has 0 heterocycles. The van der Waals surface area contributed by atoms with Gasteiger partial charge in [-0.1, -0.05) is 13.0 Å². The number of nitrogens with one attached hydrogen (secondary N) is 2. The minimum atomic E-state index is -0.272. The van der Waals surface area contributed by atoms with Crippen molar-refractivity contribution in [1.29, 1.82) is 0 Å². The van der Waals surface area contributed by atoms with E-state index in [-0.39, 0.29) is 24.3 Å². The van der Waals surface area contributed by atoms with E-state index in [1.807, 2.05) is 32.0 Å². The van der Waals surface area contributed by atoms with Crippen molar-refractivity contribution >= 4 is 11.8 Å². The lowest BCUT2D eigenvalue weighted by Gasteiger charge is -2.12. The monoisotopic (exact) mass is 322 g/mol. The van der Waals surface area contributed by atoms with Gasteiger partial charge in [0, 0.05) is 12.6 Å². The van der Waals surface area contributed by atoms with Gasteiger partial charge in [-0.2, -0.15) is 0 Å². The number of benzene rings is 1. The normalized spacial score (nSPS) is 11.5. The van der Waals surface area contributed by atoms with Gasteiger partial charge in [-0.25, -0.2) is 0 Å². The van der Waals surface area contributed by atoms with Gasteiger partial charge in [0.15, 0.2) is 11.5 Å². The molecule has 0 aliphatic heterocycles. The number of amides is 2. The van der Waals surface area contributed by atoms with Crippen LogP contribution in [-0.4, -0.2) is 38.6 Å². The Morgan fingerprint density at radius 1 is 1.13 bits per heavy atom. The fourth-order valence-electron chi connectivity index (χ4n) is 2.02. The first-order chi connectivity index (χ1) is 11.0. The predicted octanol–water partition coefficient (Wildman–Crippen LogP) is 1.67. The lowest BCUT2D eigenvalue weighted by Crippen LogP contribution is -2.36. The number of rotatable bonds is 9. The Labute approximate surface area is 137 Å². The van der Waals surface area contributed by atoms with Gasteiger partial charge in [0.25, 0.3) is 0 Å². The van der Waals surface area contributed by atoms with E-state index >= 15 is 0 Å². The van der Waals surface area contributed by atoms with Crippen LogP contribution in [0.5, 0.6) is 11.5 Å². The van der Waals surface area contributed by atoms with Gasteiger partial charge in [0.05, 0.1) is 14.2 Å². The first-order valence-corrected chi connectivity index (χ1v) is 7.77. The second-order valence-electron chi connectivity index (χ2n) is 5.34. The molecule has 0 saturated heterocycles. The zero-order valence-corrected chi connectivity index (χ0v) is 14.3. The fourth-order valence-corrected chi connectivity index (χ4v) is 2.02. The van der Waals surface area contributed by atoms with Crippen molar-refractivity contribution in [3.05, 3.63) is 23.8 Å². The van der Waals surface area contributed by atoms with Gasteiger partial charge in [0.1, 0.15) is 6.42 Å². The largest absolute Gasteiger partial charge is 0.493 e. The average Bonchev–Trinajstić information content (AvgIpc) is 2.54. The van der Waals surface area contributed by atoms with Crippen LogP contribution in [0, 0.1) is 0 Å². The maximum absolute atomic E-state index is 11.7. The number of hydrogen-bond donors (Lipinski definition) is 2. The molecule has 1 atom stereocenters. The summed E-state index contributed by atoms with van der Waals surface area (Å²) in [6.45, 7) is 4.35. The van der Waals surface area contributed by atoms with E-state index in [1.165, 1.54) is 0 Å². The molecular weight excluding hydrogens is 296 g/mol. The number of methoxy groups -OCH3 is 2. The summed E-state index contributed by atoms with van der Waals surface area (Å²) < 4.78 is 10.4. The first-order valence-electron chi connectivity index (χ1n) is 7.77. The number of ether oxygens (including phenoxy) is 2. The van der Waals surface area contributed by atoms with Crippen LogP contribution in [0.4, 0.5) is 0 Å². The third kappa shape index (κ3) is 6.59. The van der Waals surface area contributed by atoms with Crippen LogP contribution >= 0.6 is 0 Å². The predicted molar refractivity (Wildman–Crippen MR) is 88.8 cm³/mol. The average molecular weight is 322 g/mol. The number of hydrogen-bond acceptors (Lipinski definition) is 4. The summed E-state index contributed by atoms with van der Waals surface area (Å²) in [6, 6.07) is 5.71. The molecule has 6 heteroatoms. The van der Waals surface area contributed by atoms with E-state index in [0.29, 0.717) is 24.5 Å². The molecule has 1 aromatic carbocycles. The van der Waals surface area contributed by atoms with Gasteiger partial charge in [-0.3, -0.25) is 9.59 Å². The zero-order valence-electron chi connectivity index (χ0n) is 14.3. The van der Waals surface area contributed by atoms with Crippen LogP contribution < -0.4 is 20.1 Å². The maximum Gasteiger partial charge on any atom is 0.229 e. The lowest BCUT2D eigenvalue weighted by molar-refractivity contribution is -0.129. The molecule has 1 unspecified atom stereocenters. The van der Waals surface area contributed by atoms with E-state index in [2.05, 4.69) is 10.6 Å². The smallest absolute Gasteiger partial charge is 0.229 e. The van der Waals surface area contributed by atoms with E-state index in [0.717, 1.165) is 12.0 Å². The lowest BCUT2D eigenvalue weighted by atomic mass is 10.1. The molecule has 23 heavy (non-hydrogen) atoms. The van der Waals surface area contributed by atoms with Crippen molar-refractivity contribution in [2.24, 2.45) is 0 Å². The van der Waals surface area contributed by atoms with E-state index < -0.39 is 0 Å². The molecule has 1 aromatic rings. The van der Waals surface area contributed by atoms with Crippen LogP contribution in [0.2, 0.25) is 0 Å². The quantitative estimate of drug-likeness (QED) is 0.678. The summed E-state index contributed by atoms with van der Waals surface area (Å²) in [5.74, 6) is 0.806. The Hall–Kier alpha value is -2.24. The Bertz CT molecular complexity index is 531. The minimum absolute atomic E-state index is 0.0852. The minimum Gasteiger partial charge on any atom is -0.493 e. The Kier molecular flexibility index (Phi) is 7.94. The third-order valence-corrected chi connectivity index (χ3v) is 3.52. The molecule has 2 amide bonds. The summed E-state index contributed by atoms with van der Waals surface area (Å²) in [5, 5.41) is 5.51. The first kappa shape index (κ1) is 18.8. The second kappa shape index (κ2) is 9.71. The molecule has 0 aliphatic carbocycles. The molecule has 0 aromatic heterocycles. The van der Waals surface area contributed by atoms with E-state index in [4.69, 9.17) is 9.47 Å². The fraction of sp³-hybridized carbons (Fsp3) is 0.529. The topological polar surface area (TPSA) is 76.7 Å². The highest BCUT2D eigenvalue weighted by Gasteiger charge is 2.11. The SMILES string of the molecule is CCC(C)NC(=O)CC(=O)NCCc1ccc(OC)c(OC)c1. The van der Waals surface area contributed by atoms with Crippen molar-refractivity contribution in [1.82, 2.24) is 10.6 Å². The summed E-state index contributed by atoms with van der Waals surface area (Å²) in [5.41, 5.74) is 1.02. The van der Waals surface area contributed by atoms with E-state index in [9.17, 15) is 9.59 Å². The van der Waals surface area contributed by atoms with E-state index in [1.54, 1.807) is 14.2 Å². The van der Waals surface area contributed by atoms with Gasteiger partial charge >= 0.3 is 0 Å². The molecule has 6 nitrogen and oxygen atoms in total. The molecule has 0 spiro atoms. The number of carbonyl (C=O) groups excluding carboxylic acids is 2. The zero-order chi connectivity index (χ0) is 17.2. The molecule has 128 valence electrons. The molecule has 0 saturated carbocycles. The third-order valence-electron chi connectivity index (χ3n) is 3.52. The van der Waals surface area contributed by atoms with Gasteiger partial charge in [-0.15, -0.1) is 0 Å². The van der Waals surface area contributed by atoms with Crippen LogP contribution in [0.3, 0.4) is 0 Å². The number of carbonyl (C=O) groups is 2. The molecule has 0 radical (unpaired) electrons. The molecule has 0 fully saturated rings. The highest BCUT2D eigenvalue weighted by atomic mass is 16.5. The Morgan fingerprint density at radius 3 is 2.43 bits per heavy atom. The van der Waals surface area contributed by atoms with Crippen molar-refractivity contribution in [2.75, 3.05) is 20.8 Å². The molecular formula is C17H26N2O4. The van der Waals surface area contributed by atoms with Crippen LogP contribution in [-0.2, 0) is 16.0 Å². The van der Waals surface area contributed by atoms with Crippen molar-refractivity contribution < 1.29 is 19.1 Å². The summed E-state index contributed by atoms with van der Waals surface area (Å²) in [4.78, 5) is 23.3. The Morgan fingerprint density at radius 2 is 1.83 bits per heavy atom. The highest BCUT2D eigenvalue weighted by molar-refractivity contribution is 5.96. The summed E-state index contributed by atoms with van der Waals surface area (Å²) >= 11 is 0. The van der Waals surface area contributed by atoms with Crippen LogP contribution in [0.1, 0.15) is 32.3 Å². The summed E-state index contributed by atoms with van der Waals surface area (Å²) in [7, 11) is 3.17. The molecule has 0 aliphatic rings. The second-order valence-corrected chi connectivity index (χ2v) is 5.34. The molecule has 1 rings (SSSR count). The van der Waals surface area contributed by atoms with Crippen LogP contribution in [0.25, 0.3) is 0 Å². The highest BCUT2D eigenvalue weighted by Crippen LogP contribution is 2.27. The van der Waals surface area contributed by atoms with Crippen molar-refractivity contribution in [3.8, 4) is 11.5 Å². The Balaban J connectivity index is 2.39. The maximum atomic E-state index is 11.7. The molecule has 0 bridgehead atoms. The van der Waals surface area contributed by atoms with Gasteiger partial charge < -0.3 is 20.1 Å². The van der Waals surface area contributed by atoms with Gasteiger partial charge in [0.2, 0.25) is 11.8 Å². The summed E-state index contributed by atoms with van der Waals surface area (Å²) in [6.07, 6.45) is 1.35. The standard InChI is InChI=1S/C17H26N2O4/c1-5-12(2)19-17(21)11-16(20)18-9-8-13-6-7-14(22-3)15(10-13)23-4/h6-7,10,12H,5,8-9,11H2,1-4H3,(H,18,20)(H,19,21). The van der Waals surface area contributed by atoms with Gasteiger partial charge in [-0.05, 0) is 37.5 Å². The van der Waals surface area contributed by atoms with Crippen LogP contribution in [0.15, 0.2) is 18.2 Å². The van der Waals surface area contributed by atoms with Crippen molar-refractivity contribution in [3.63, 3.8) is 0 Å². The molecule has 2 N–H and O–H groups in total.